The van der Waals surface area contributed by atoms with Crippen LogP contribution in [0.2, 0.25) is 0 Å². The third kappa shape index (κ3) is 5.90. The van der Waals surface area contributed by atoms with Gasteiger partial charge in [-0.1, -0.05) is 13.3 Å². The van der Waals surface area contributed by atoms with Crippen LogP contribution in [0, 0.1) is 5.92 Å². The molecule has 1 saturated heterocycles. The van der Waals surface area contributed by atoms with Crippen LogP contribution in [0.4, 0.5) is 0 Å². The zero-order valence-electron chi connectivity index (χ0n) is 16.8. The minimum absolute atomic E-state index is 0.175. The number of piperidine rings is 1. The molecule has 0 bridgehead atoms. The Labute approximate surface area is 158 Å². The molecule has 1 aliphatic rings. The van der Waals surface area contributed by atoms with Crippen LogP contribution in [0.3, 0.4) is 0 Å². The number of rotatable bonds is 9. The molecule has 1 fully saturated rings. The smallest absolute Gasteiger partial charge is 0.227 e. The first-order valence-electron chi connectivity index (χ1n) is 9.74. The van der Waals surface area contributed by atoms with Crippen molar-refractivity contribution in [2.75, 3.05) is 47.4 Å². The topological polar surface area (TPSA) is 42.0 Å². The molecular formula is C21H34N2O3. The number of likely N-dealkylation sites (tertiary alicyclic amines) is 1. The first-order chi connectivity index (χ1) is 12.6. The molecule has 5 heteroatoms. The lowest BCUT2D eigenvalue weighted by atomic mass is 9.95. The van der Waals surface area contributed by atoms with E-state index in [0.29, 0.717) is 12.3 Å². The highest BCUT2D eigenvalue weighted by molar-refractivity contribution is 5.79. The van der Waals surface area contributed by atoms with Crippen LogP contribution in [-0.4, -0.2) is 63.2 Å². The number of ether oxygens (including phenoxy) is 2. The second kappa shape index (κ2) is 10.4. The van der Waals surface area contributed by atoms with Gasteiger partial charge in [0.2, 0.25) is 5.91 Å². The molecule has 1 aromatic rings. The lowest BCUT2D eigenvalue weighted by Crippen LogP contribution is -2.41. The highest BCUT2D eigenvalue weighted by atomic mass is 16.5. The lowest BCUT2D eigenvalue weighted by molar-refractivity contribution is -0.131. The summed E-state index contributed by atoms with van der Waals surface area (Å²) >= 11 is 0. The van der Waals surface area contributed by atoms with Gasteiger partial charge in [0, 0.05) is 25.2 Å². The molecule has 0 spiro atoms. The molecule has 146 valence electrons. The minimum Gasteiger partial charge on any atom is -0.497 e. The molecule has 0 N–H and O–H groups in total. The van der Waals surface area contributed by atoms with Crippen molar-refractivity contribution in [1.82, 2.24) is 9.80 Å². The Morgan fingerprint density at radius 2 is 1.96 bits per heavy atom. The molecule has 0 unspecified atom stereocenters. The first kappa shape index (κ1) is 20.6. The van der Waals surface area contributed by atoms with Gasteiger partial charge in [-0.15, -0.1) is 0 Å². The number of carbonyl (C=O) groups is 1. The van der Waals surface area contributed by atoms with E-state index in [2.05, 4.69) is 18.9 Å². The van der Waals surface area contributed by atoms with Crippen molar-refractivity contribution < 1.29 is 14.3 Å². The third-order valence-corrected chi connectivity index (χ3v) is 5.26. The van der Waals surface area contributed by atoms with Gasteiger partial charge in [-0.25, -0.2) is 0 Å². The highest BCUT2D eigenvalue weighted by Gasteiger charge is 2.24. The van der Waals surface area contributed by atoms with Gasteiger partial charge in [-0.2, -0.15) is 0 Å². The Kier molecular flexibility index (Phi) is 8.23. The summed E-state index contributed by atoms with van der Waals surface area (Å²) in [5.74, 6) is 2.37. The number of hydrogen-bond donors (Lipinski definition) is 0. The first-order valence-corrected chi connectivity index (χ1v) is 9.74. The quantitative estimate of drug-likeness (QED) is 0.676. The SMILES string of the molecule is CCCCN(C)CC1CCN(C(=O)Cc2cc(OC)ccc2OC)CC1. The number of unbranched alkanes of at least 4 members (excludes halogenated alkanes) is 1. The van der Waals surface area contributed by atoms with Crippen molar-refractivity contribution in [2.24, 2.45) is 5.92 Å². The molecule has 0 aromatic heterocycles. The summed E-state index contributed by atoms with van der Waals surface area (Å²) in [6, 6.07) is 5.61. The van der Waals surface area contributed by atoms with Crippen LogP contribution in [0.1, 0.15) is 38.2 Å². The number of hydrogen-bond acceptors (Lipinski definition) is 4. The number of amides is 1. The van der Waals surface area contributed by atoms with E-state index < -0.39 is 0 Å². The van der Waals surface area contributed by atoms with Crippen LogP contribution in [0.25, 0.3) is 0 Å². The molecule has 0 radical (unpaired) electrons. The largest absolute Gasteiger partial charge is 0.497 e. The molecule has 2 rings (SSSR count). The summed E-state index contributed by atoms with van der Waals surface area (Å²) in [5.41, 5.74) is 0.887. The molecule has 5 nitrogen and oxygen atoms in total. The molecule has 0 atom stereocenters. The van der Waals surface area contributed by atoms with E-state index in [-0.39, 0.29) is 5.91 Å². The summed E-state index contributed by atoms with van der Waals surface area (Å²) in [6.07, 6.45) is 5.05. The summed E-state index contributed by atoms with van der Waals surface area (Å²) in [7, 11) is 5.48. The van der Waals surface area contributed by atoms with Gasteiger partial charge in [0.25, 0.3) is 0 Å². The summed E-state index contributed by atoms with van der Waals surface area (Å²) in [6.45, 7) is 6.26. The van der Waals surface area contributed by atoms with Crippen molar-refractivity contribution in [1.29, 1.82) is 0 Å². The fourth-order valence-corrected chi connectivity index (χ4v) is 3.62. The number of methoxy groups -OCH3 is 2. The van der Waals surface area contributed by atoms with E-state index in [1.54, 1.807) is 14.2 Å². The van der Waals surface area contributed by atoms with Crippen molar-refractivity contribution in [3.05, 3.63) is 23.8 Å². The maximum Gasteiger partial charge on any atom is 0.227 e. The normalized spacial score (nSPS) is 15.3. The maximum absolute atomic E-state index is 12.7. The van der Waals surface area contributed by atoms with E-state index in [1.807, 2.05) is 23.1 Å². The molecular weight excluding hydrogens is 328 g/mol. The maximum atomic E-state index is 12.7. The average molecular weight is 363 g/mol. The van der Waals surface area contributed by atoms with Gasteiger partial charge in [-0.05, 0) is 57.0 Å². The molecule has 26 heavy (non-hydrogen) atoms. The Morgan fingerprint density at radius 1 is 1.23 bits per heavy atom. The number of benzene rings is 1. The predicted molar refractivity (Wildman–Crippen MR) is 105 cm³/mol. The van der Waals surface area contributed by atoms with Crippen LogP contribution >= 0.6 is 0 Å². The molecule has 1 aliphatic heterocycles. The summed E-state index contributed by atoms with van der Waals surface area (Å²) in [5, 5.41) is 0. The monoisotopic (exact) mass is 362 g/mol. The van der Waals surface area contributed by atoms with E-state index >= 15 is 0 Å². The predicted octanol–water partition coefficient (Wildman–Crippen LogP) is 3.22. The summed E-state index contributed by atoms with van der Waals surface area (Å²) in [4.78, 5) is 17.2. The van der Waals surface area contributed by atoms with Crippen LogP contribution in [0.5, 0.6) is 11.5 Å². The van der Waals surface area contributed by atoms with Crippen molar-refractivity contribution in [3.8, 4) is 11.5 Å². The van der Waals surface area contributed by atoms with E-state index in [0.717, 1.165) is 49.5 Å². The third-order valence-electron chi connectivity index (χ3n) is 5.26. The molecule has 0 saturated carbocycles. The van der Waals surface area contributed by atoms with Crippen LogP contribution in [0.15, 0.2) is 18.2 Å². The average Bonchev–Trinajstić information content (AvgIpc) is 2.66. The van der Waals surface area contributed by atoms with Crippen molar-refractivity contribution in [3.63, 3.8) is 0 Å². The Hall–Kier alpha value is -1.75. The molecule has 1 heterocycles. The Morgan fingerprint density at radius 3 is 2.58 bits per heavy atom. The van der Waals surface area contributed by atoms with Gasteiger partial charge in [0.05, 0.1) is 20.6 Å². The zero-order chi connectivity index (χ0) is 18.9. The van der Waals surface area contributed by atoms with E-state index in [1.165, 1.54) is 19.4 Å². The number of nitrogens with zero attached hydrogens (tertiary/aromatic N) is 2. The zero-order valence-corrected chi connectivity index (χ0v) is 16.8. The lowest BCUT2D eigenvalue weighted by Gasteiger charge is -2.34. The molecule has 1 amide bonds. The second-order valence-corrected chi connectivity index (χ2v) is 7.29. The van der Waals surface area contributed by atoms with E-state index in [9.17, 15) is 4.79 Å². The Balaban J connectivity index is 1.85. The van der Waals surface area contributed by atoms with Gasteiger partial charge in [-0.3, -0.25) is 4.79 Å². The molecule has 1 aromatic carbocycles. The Bertz CT molecular complexity index is 568. The highest BCUT2D eigenvalue weighted by Crippen LogP contribution is 2.26. The second-order valence-electron chi connectivity index (χ2n) is 7.29. The van der Waals surface area contributed by atoms with Gasteiger partial charge < -0.3 is 19.3 Å². The van der Waals surface area contributed by atoms with Crippen molar-refractivity contribution in [2.45, 2.75) is 39.0 Å². The molecule has 0 aliphatic carbocycles. The van der Waals surface area contributed by atoms with Gasteiger partial charge in [0.15, 0.2) is 0 Å². The fraction of sp³-hybridized carbons (Fsp3) is 0.667. The summed E-state index contributed by atoms with van der Waals surface area (Å²) < 4.78 is 10.7. The van der Waals surface area contributed by atoms with Crippen LogP contribution < -0.4 is 9.47 Å². The minimum atomic E-state index is 0.175. The van der Waals surface area contributed by atoms with Crippen molar-refractivity contribution >= 4 is 5.91 Å². The van der Waals surface area contributed by atoms with Gasteiger partial charge >= 0.3 is 0 Å². The number of carbonyl (C=O) groups excluding carboxylic acids is 1. The standard InChI is InChI=1S/C21H34N2O3/c1-5-6-11-22(2)16-17-9-12-23(13-10-17)21(24)15-18-14-19(25-3)7-8-20(18)26-4/h7-8,14,17H,5-6,9-13,15-16H2,1-4H3. The van der Waals surface area contributed by atoms with E-state index in [4.69, 9.17) is 9.47 Å². The van der Waals surface area contributed by atoms with Gasteiger partial charge in [0.1, 0.15) is 11.5 Å². The van der Waals surface area contributed by atoms with Crippen LogP contribution in [-0.2, 0) is 11.2 Å². The fourth-order valence-electron chi connectivity index (χ4n) is 3.62.